The molecule has 0 radical (unpaired) electrons. The lowest BCUT2D eigenvalue weighted by molar-refractivity contribution is -0.141. The third-order valence-corrected chi connectivity index (χ3v) is 2.95. The Balaban J connectivity index is 2.35. The highest BCUT2D eigenvalue weighted by molar-refractivity contribution is 5.83. The quantitative estimate of drug-likeness (QED) is 0.465. The van der Waals surface area contributed by atoms with E-state index in [9.17, 15) is 14.4 Å². The van der Waals surface area contributed by atoms with Crippen molar-refractivity contribution < 1.29 is 24.6 Å². The predicted molar refractivity (Wildman–Crippen MR) is 56.7 cm³/mol. The van der Waals surface area contributed by atoms with Crippen LogP contribution in [0.4, 0.5) is 0 Å². The molecule has 5 N–H and O–H groups in total. The SMILES string of the molecule is NC(=O)C(O)CNC(=O)[C@@H]1CC[C@H](C(=O)O)C1. The van der Waals surface area contributed by atoms with E-state index in [-0.39, 0.29) is 18.4 Å². The second-order valence-corrected chi connectivity index (χ2v) is 4.21. The van der Waals surface area contributed by atoms with Gasteiger partial charge in [0.05, 0.1) is 12.5 Å². The molecule has 0 heterocycles. The molecule has 0 aromatic heterocycles. The van der Waals surface area contributed by atoms with Crippen molar-refractivity contribution in [3.05, 3.63) is 0 Å². The van der Waals surface area contributed by atoms with Crippen LogP contribution in [-0.4, -0.2) is 40.6 Å². The van der Waals surface area contributed by atoms with Gasteiger partial charge < -0.3 is 21.3 Å². The van der Waals surface area contributed by atoms with E-state index in [1.807, 2.05) is 0 Å². The molecule has 0 bridgehead atoms. The molecule has 1 fully saturated rings. The highest BCUT2D eigenvalue weighted by Crippen LogP contribution is 2.30. The smallest absolute Gasteiger partial charge is 0.306 e. The summed E-state index contributed by atoms with van der Waals surface area (Å²) < 4.78 is 0. The van der Waals surface area contributed by atoms with Gasteiger partial charge in [-0.05, 0) is 19.3 Å². The van der Waals surface area contributed by atoms with Crippen LogP contribution in [0.25, 0.3) is 0 Å². The van der Waals surface area contributed by atoms with E-state index < -0.39 is 23.9 Å². The molecule has 96 valence electrons. The number of hydrogen-bond acceptors (Lipinski definition) is 4. The second kappa shape index (κ2) is 5.62. The number of aliphatic carboxylic acids is 1. The van der Waals surface area contributed by atoms with Crippen LogP contribution in [0.3, 0.4) is 0 Å². The van der Waals surface area contributed by atoms with E-state index in [0.29, 0.717) is 19.3 Å². The number of carboxylic acid groups (broad SMARTS) is 1. The Hall–Kier alpha value is -1.63. The number of nitrogens with two attached hydrogens (primary N) is 1. The molecule has 0 aliphatic heterocycles. The molecule has 2 amide bonds. The minimum atomic E-state index is -1.41. The average Bonchev–Trinajstić information content (AvgIpc) is 2.74. The first kappa shape index (κ1) is 13.4. The first-order chi connectivity index (χ1) is 7.91. The Labute approximate surface area is 98.0 Å². The summed E-state index contributed by atoms with van der Waals surface area (Å²) >= 11 is 0. The fourth-order valence-corrected chi connectivity index (χ4v) is 1.89. The molecular formula is C10H16N2O5. The third-order valence-electron chi connectivity index (χ3n) is 2.95. The highest BCUT2D eigenvalue weighted by Gasteiger charge is 2.33. The standard InChI is InChI=1S/C10H16N2O5/c11-8(14)7(13)4-12-9(15)5-1-2-6(3-5)10(16)17/h5-7,13H,1-4H2,(H2,11,14)(H,12,15)(H,16,17)/t5-,6+,7?/m1/s1. The topological polar surface area (TPSA) is 130 Å². The van der Waals surface area contributed by atoms with Crippen molar-refractivity contribution in [2.45, 2.75) is 25.4 Å². The molecule has 7 heteroatoms. The predicted octanol–water partition coefficient (Wildman–Crippen LogP) is -1.55. The summed E-state index contributed by atoms with van der Waals surface area (Å²) in [5.41, 5.74) is 4.82. The van der Waals surface area contributed by atoms with Gasteiger partial charge in [-0.3, -0.25) is 14.4 Å². The molecule has 7 nitrogen and oxygen atoms in total. The minimum absolute atomic E-state index is 0.234. The summed E-state index contributed by atoms with van der Waals surface area (Å²) in [7, 11) is 0. The highest BCUT2D eigenvalue weighted by atomic mass is 16.4. The van der Waals surface area contributed by atoms with Crippen molar-refractivity contribution in [3.63, 3.8) is 0 Å². The molecule has 0 aromatic rings. The normalized spacial score (nSPS) is 25.2. The molecule has 3 atom stereocenters. The van der Waals surface area contributed by atoms with Gasteiger partial charge in [0.2, 0.25) is 11.8 Å². The summed E-state index contributed by atoms with van der Waals surface area (Å²) in [5, 5.41) is 20.2. The number of primary amides is 1. The summed E-state index contributed by atoms with van der Waals surface area (Å²) in [4.78, 5) is 32.8. The summed E-state index contributed by atoms with van der Waals surface area (Å²) in [6, 6.07) is 0. The monoisotopic (exact) mass is 244 g/mol. The Morgan fingerprint density at radius 2 is 1.88 bits per heavy atom. The second-order valence-electron chi connectivity index (χ2n) is 4.21. The van der Waals surface area contributed by atoms with Gasteiger partial charge in [-0.1, -0.05) is 0 Å². The average molecular weight is 244 g/mol. The van der Waals surface area contributed by atoms with E-state index in [0.717, 1.165) is 0 Å². The molecule has 0 aromatic carbocycles. The Kier molecular flexibility index (Phi) is 4.45. The number of carboxylic acids is 1. The van der Waals surface area contributed by atoms with Crippen molar-refractivity contribution in [1.82, 2.24) is 5.32 Å². The maximum Gasteiger partial charge on any atom is 0.306 e. The third kappa shape index (κ3) is 3.70. The summed E-state index contributed by atoms with van der Waals surface area (Å²) in [6.45, 7) is -0.234. The minimum Gasteiger partial charge on any atom is -0.481 e. The number of aliphatic hydroxyl groups excluding tert-OH is 1. The van der Waals surface area contributed by atoms with Crippen LogP contribution in [0.2, 0.25) is 0 Å². The van der Waals surface area contributed by atoms with Crippen LogP contribution in [0, 0.1) is 11.8 Å². The largest absolute Gasteiger partial charge is 0.481 e. The molecule has 17 heavy (non-hydrogen) atoms. The van der Waals surface area contributed by atoms with Gasteiger partial charge in [0.15, 0.2) is 0 Å². The van der Waals surface area contributed by atoms with Gasteiger partial charge in [0.1, 0.15) is 6.10 Å². The van der Waals surface area contributed by atoms with E-state index in [2.05, 4.69) is 5.32 Å². The molecule has 1 aliphatic rings. The lowest BCUT2D eigenvalue weighted by atomic mass is 10.0. The number of rotatable bonds is 5. The number of aliphatic hydroxyl groups is 1. The van der Waals surface area contributed by atoms with E-state index in [1.54, 1.807) is 0 Å². The van der Waals surface area contributed by atoms with Crippen molar-refractivity contribution in [3.8, 4) is 0 Å². The zero-order valence-corrected chi connectivity index (χ0v) is 9.26. The molecule has 1 rings (SSSR count). The van der Waals surface area contributed by atoms with Crippen molar-refractivity contribution in [2.75, 3.05) is 6.54 Å². The first-order valence-electron chi connectivity index (χ1n) is 5.39. The van der Waals surface area contributed by atoms with Gasteiger partial charge in [0.25, 0.3) is 0 Å². The van der Waals surface area contributed by atoms with Crippen LogP contribution in [-0.2, 0) is 14.4 Å². The Morgan fingerprint density at radius 1 is 1.29 bits per heavy atom. The number of nitrogens with one attached hydrogen (secondary N) is 1. The molecule has 1 unspecified atom stereocenters. The van der Waals surface area contributed by atoms with Crippen LogP contribution < -0.4 is 11.1 Å². The maximum absolute atomic E-state index is 11.6. The Bertz CT molecular complexity index is 331. The number of carbonyl (C=O) groups excluding carboxylic acids is 2. The number of hydrogen-bond donors (Lipinski definition) is 4. The fraction of sp³-hybridized carbons (Fsp3) is 0.700. The van der Waals surface area contributed by atoms with Crippen molar-refractivity contribution in [1.29, 1.82) is 0 Å². The molecule has 1 saturated carbocycles. The lowest BCUT2D eigenvalue weighted by Gasteiger charge is -2.12. The maximum atomic E-state index is 11.6. The van der Waals surface area contributed by atoms with Crippen LogP contribution in [0.5, 0.6) is 0 Å². The van der Waals surface area contributed by atoms with Gasteiger partial charge in [-0.25, -0.2) is 0 Å². The lowest BCUT2D eigenvalue weighted by Crippen LogP contribution is -2.41. The van der Waals surface area contributed by atoms with Gasteiger partial charge in [-0.15, -0.1) is 0 Å². The Morgan fingerprint density at radius 3 is 2.35 bits per heavy atom. The van der Waals surface area contributed by atoms with E-state index >= 15 is 0 Å². The van der Waals surface area contributed by atoms with Crippen LogP contribution >= 0.6 is 0 Å². The van der Waals surface area contributed by atoms with Crippen molar-refractivity contribution >= 4 is 17.8 Å². The zero-order valence-electron chi connectivity index (χ0n) is 9.26. The molecule has 1 aliphatic carbocycles. The van der Waals surface area contributed by atoms with Crippen molar-refractivity contribution in [2.24, 2.45) is 17.6 Å². The summed E-state index contributed by atoms with van der Waals surface area (Å²) in [5.74, 6) is -2.98. The fourth-order valence-electron chi connectivity index (χ4n) is 1.89. The molecule has 0 saturated heterocycles. The van der Waals surface area contributed by atoms with Gasteiger partial charge in [-0.2, -0.15) is 0 Å². The first-order valence-corrected chi connectivity index (χ1v) is 5.39. The zero-order chi connectivity index (χ0) is 13.0. The molecular weight excluding hydrogens is 228 g/mol. The van der Waals surface area contributed by atoms with Gasteiger partial charge in [0, 0.05) is 5.92 Å². The number of carbonyl (C=O) groups is 3. The summed E-state index contributed by atoms with van der Waals surface area (Å²) in [6.07, 6.45) is -0.120. The van der Waals surface area contributed by atoms with E-state index in [4.69, 9.17) is 15.9 Å². The molecule has 0 spiro atoms. The van der Waals surface area contributed by atoms with E-state index in [1.165, 1.54) is 0 Å². The number of amides is 2. The van der Waals surface area contributed by atoms with Crippen LogP contribution in [0.1, 0.15) is 19.3 Å². The van der Waals surface area contributed by atoms with Crippen LogP contribution in [0.15, 0.2) is 0 Å². The van der Waals surface area contributed by atoms with Gasteiger partial charge >= 0.3 is 5.97 Å².